The van der Waals surface area contributed by atoms with Crippen molar-refractivity contribution in [1.29, 1.82) is 0 Å². The Morgan fingerprint density at radius 3 is 2.73 bits per heavy atom. The number of carbonyl (C=O) groups excluding carboxylic acids is 1. The summed E-state index contributed by atoms with van der Waals surface area (Å²) in [5, 5.41) is 6.66. The zero-order chi connectivity index (χ0) is 16.2. The second-order valence-electron chi connectivity index (χ2n) is 6.05. The Morgan fingerprint density at radius 2 is 2.09 bits per heavy atom. The molecule has 1 aliphatic rings. The van der Waals surface area contributed by atoms with Crippen LogP contribution < -0.4 is 10.6 Å². The summed E-state index contributed by atoms with van der Waals surface area (Å²) < 4.78 is 5.38. The van der Waals surface area contributed by atoms with Crippen LogP contribution in [-0.4, -0.2) is 63.7 Å². The Kier molecular flexibility index (Phi) is 9.62. The second-order valence-corrected chi connectivity index (χ2v) is 6.05. The topological polar surface area (TPSA) is 66.0 Å². The number of nitrogens with zero attached hydrogens (tertiary/aromatic N) is 2. The number of likely N-dealkylation sites (N-methyl/N-ethyl adjacent to an activating group) is 1. The summed E-state index contributed by atoms with van der Waals surface area (Å²) in [6.45, 7) is 5.78. The lowest BCUT2D eigenvalue weighted by atomic mass is 10.1. The van der Waals surface area contributed by atoms with E-state index in [-0.39, 0.29) is 12.5 Å². The summed E-state index contributed by atoms with van der Waals surface area (Å²) in [5.41, 5.74) is 0. The van der Waals surface area contributed by atoms with Gasteiger partial charge in [0.05, 0.1) is 6.61 Å². The van der Waals surface area contributed by atoms with E-state index in [1.165, 1.54) is 19.3 Å². The third-order valence-corrected chi connectivity index (χ3v) is 3.78. The molecule has 1 unspecified atom stereocenters. The Bertz CT molecular complexity index is 339. The van der Waals surface area contributed by atoms with Crippen molar-refractivity contribution in [3.8, 4) is 0 Å². The predicted molar refractivity (Wildman–Crippen MR) is 90.1 cm³/mol. The van der Waals surface area contributed by atoms with Gasteiger partial charge < -0.3 is 20.3 Å². The maximum atomic E-state index is 11.7. The highest BCUT2D eigenvalue weighted by molar-refractivity contribution is 5.84. The van der Waals surface area contributed by atoms with Crippen LogP contribution in [-0.2, 0) is 9.53 Å². The van der Waals surface area contributed by atoms with Crippen molar-refractivity contribution >= 4 is 11.9 Å². The Hall–Kier alpha value is -1.30. The molecule has 6 heteroatoms. The van der Waals surface area contributed by atoms with Crippen LogP contribution in [0.5, 0.6) is 0 Å². The van der Waals surface area contributed by atoms with E-state index in [4.69, 9.17) is 4.74 Å². The lowest BCUT2D eigenvalue weighted by molar-refractivity contribution is -0.127. The largest absolute Gasteiger partial charge is 0.381 e. The van der Waals surface area contributed by atoms with Gasteiger partial charge in [-0.2, -0.15) is 0 Å². The number of aliphatic imine (C=N–C) groups is 1. The van der Waals surface area contributed by atoms with E-state index in [0.29, 0.717) is 5.92 Å². The molecule has 1 amide bonds. The van der Waals surface area contributed by atoms with Gasteiger partial charge in [-0.15, -0.1) is 0 Å². The monoisotopic (exact) mass is 312 g/mol. The van der Waals surface area contributed by atoms with E-state index in [0.717, 1.165) is 45.1 Å². The van der Waals surface area contributed by atoms with E-state index in [2.05, 4.69) is 22.5 Å². The van der Waals surface area contributed by atoms with Crippen molar-refractivity contribution in [3.63, 3.8) is 0 Å². The average Bonchev–Trinajstić information content (AvgIpc) is 3.01. The number of guanidine groups is 1. The second kappa shape index (κ2) is 11.3. The van der Waals surface area contributed by atoms with E-state index >= 15 is 0 Å². The van der Waals surface area contributed by atoms with Gasteiger partial charge in [-0.25, -0.2) is 4.99 Å². The molecule has 1 saturated heterocycles. The van der Waals surface area contributed by atoms with Crippen molar-refractivity contribution in [1.82, 2.24) is 15.5 Å². The van der Waals surface area contributed by atoms with Crippen LogP contribution in [0.2, 0.25) is 0 Å². The lowest BCUT2D eigenvalue weighted by Gasteiger charge is -2.15. The zero-order valence-electron chi connectivity index (χ0n) is 14.4. The van der Waals surface area contributed by atoms with Crippen molar-refractivity contribution in [3.05, 3.63) is 0 Å². The Morgan fingerprint density at radius 1 is 1.27 bits per heavy atom. The van der Waals surface area contributed by atoms with Gasteiger partial charge in [0.1, 0.15) is 6.54 Å². The summed E-state index contributed by atoms with van der Waals surface area (Å²) in [4.78, 5) is 17.6. The van der Waals surface area contributed by atoms with Gasteiger partial charge in [0.2, 0.25) is 5.91 Å². The minimum atomic E-state index is 0.0104. The van der Waals surface area contributed by atoms with Crippen LogP contribution in [0.15, 0.2) is 4.99 Å². The molecule has 6 nitrogen and oxygen atoms in total. The highest BCUT2D eigenvalue weighted by atomic mass is 16.5. The van der Waals surface area contributed by atoms with Crippen molar-refractivity contribution in [2.45, 2.75) is 39.0 Å². The van der Waals surface area contributed by atoms with E-state index in [1.807, 2.05) is 0 Å². The van der Waals surface area contributed by atoms with Crippen molar-refractivity contribution < 1.29 is 9.53 Å². The molecule has 1 aliphatic heterocycles. The van der Waals surface area contributed by atoms with Crippen LogP contribution in [0, 0.1) is 5.92 Å². The molecule has 0 aliphatic carbocycles. The molecule has 22 heavy (non-hydrogen) atoms. The SMILES string of the molecule is CCCCCCNC(=NCC(=O)N(C)C)NCC1CCOC1. The van der Waals surface area contributed by atoms with Gasteiger partial charge in [-0.05, 0) is 12.8 Å². The first kappa shape index (κ1) is 18.7. The third-order valence-electron chi connectivity index (χ3n) is 3.78. The first-order valence-corrected chi connectivity index (χ1v) is 8.43. The Labute approximate surface area is 134 Å². The Balaban J connectivity index is 2.36. The maximum Gasteiger partial charge on any atom is 0.243 e. The standard InChI is InChI=1S/C16H32N4O2/c1-4-5-6-7-9-17-16(19-12-15(21)20(2)3)18-11-14-8-10-22-13-14/h14H,4-13H2,1-3H3,(H2,17,18,19). The van der Waals surface area contributed by atoms with Crippen LogP contribution in [0.3, 0.4) is 0 Å². The number of amides is 1. The fraction of sp³-hybridized carbons (Fsp3) is 0.875. The normalized spacial score (nSPS) is 18.3. The van der Waals surface area contributed by atoms with E-state index in [1.54, 1.807) is 19.0 Å². The molecular formula is C16H32N4O2. The van der Waals surface area contributed by atoms with Crippen molar-refractivity contribution in [2.75, 3.05) is 46.9 Å². The average molecular weight is 312 g/mol. The lowest BCUT2D eigenvalue weighted by Crippen LogP contribution is -2.41. The molecule has 1 heterocycles. The molecule has 1 fully saturated rings. The molecule has 0 aromatic heterocycles. The number of unbranched alkanes of at least 4 members (excludes halogenated alkanes) is 3. The molecule has 0 aromatic carbocycles. The number of nitrogens with one attached hydrogen (secondary N) is 2. The molecular weight excluding hydrogens is 280 g/mol. The molecule has 1 atom stereocenters. The highest BCUT2D eigenvalue weighted by Crippen LogP contribution is 2.10. The molecule has 0 aromatic rings. The first-order valence-electron chi connectivity index (χ1n) is 8.43. The molecule has 0 spiro atoms. The molecule has 0 bridgehead atoms. The van der Waals surface area contributed by atoms with Crippen LogP contribution in [0.1, 0.15) is 39.0 Å². The van der Waals surface area contributed by atoms with Crippen LogP contribution in [0.4, 0.5) is 0 Å². The van der Waals surface area contributed by atoms with Crippen LogP contribution >= 0.6 is 0 Å². The summed E-state index contributed by atoms with van der Waals surface area (Å²) in [7, 11) is 3.50. The molecule has 128 valence electrons. The van der Waals surface area contributed by atoms with Gasteiger partial charge >= 0.3 is 0 Å². The quantitative estimate of drug-likeness (QED) is 0.382. The van der Waals surface area contributed by atoms with E-state index < -0.39 is 0 Å². The number of hydrogen-bond acceptors (Lipinski definition) is 3. The smallest absolute Gasteiger partial charge is 0.243 e. The maximum absolute atomic E-state index is 11.7. The number of ether oxygens (including phenoxy) is 1. The third kappa shape index (κ3) is 8.22. The van der Waals surface area contributed by atoms with Gasteiger partial charge in [0.15, 0.2) is 5.96 Å². The fourth-order valence-corrected chi connectivity index (χ4v) is 2.21. The first-order chi connectivity index (χ1) is 10.6. The van der Waals surface area contributed by atoms with Crippen molar-refractivity contribution in [2.24, 2.45) is 10.9 Å². The predicted octanol–water partition coefficient (Wildman–Crippen LogP) is 1.23. The summed E-state index contributed by atoms with van der Waals surface area (Å²) in [5.74, 6) is 1.28. The fourth-order valence-electron chi connectivity index (χ4n) is 2.21. The van der Waals surface area contributed by atoms with Gasteiger partial charge in [0.25, 0.3) is 0 Å². The van der Waals surface area contributed by atoms with Gasteiger partial charge in [-0.3, -0.25) is 4.79 Å². The van der Waals surface area contributed by atoms with Crippen LogP contribution in [0.25, 0.3) is 0 Å². The number of hydrogen-bond donors (Lipinski definition) is 2. The molecule has 0 saturated carbocycles. The molecule has 0 radical (unpaired) electrons. The highest BCUT2D eigenvalue weighted by Gasteiger charge is 2.15. The summed E-state index contributed by atoms with van der Waals surface area (Å²) in [6.07, 6.45) is 5.94. The zero-order valence-corrected chi connectivity index (χ0v) is 14.4. The summed E-state index contributed by atoms with van der Waals surface area (Å²) in [6, 6.07) is 0. The molecule has 1 rings (SSSR count). The summed E-state index contributed by atoms with van der Waals surface area (Å²) >= 11 is 0. The van der Waals surface area contributed by atoms with Gasteiger partial charge in [0, 0.05) is 39.7 Å². The minimum absolute atomic E-state index is 0.0104. The number of carbonyl (C=O) groups is 1. The molecule has 2 N–H and O–H groups in total. The minimum Gasteiger partial charge on any atom is -0.381 e. The van der Waals surface area contributed by atoms with Gasteiger partial charge in [-0.1, -0.05) is 26.2 Å². The number of rotatable bonds is 9. The van der Waals surface area contributed by atoms with E-state index in [9.17, 15) is 4.79 Å².